The van der Waals surface area contributed by atoms with E-state index in [0.29, 0.717) is 10.9 Å². The zero-order valence-electron chi connectivity index (χ0n) is 13.3. The van der Waals surface area contributed by atoms with Crippen LogP contribution >= 0.6 is 0 Å². The molecular formula is C16H16N6O3. The van der Waals surface area contributed by atoms with E-state index in [0.717, 1.165) is 0 Å². The molecule has 0 bridgehead atoms. The maximum absolute atomic E-state index is 12.3. The summed E-state index contributed by atoms with van der Waals surface area (Å²) in [4.78, 5) is 35.6. The van der Waals surface area contributed by atoms with Gasteiger partial charge in [0.05, 0.1) is 18.5 Å². The summed E-state index contributed by atoms with van der Waals surface area (Å²) in [5, 5.41) is 14.8. The highest BCUT2D eigenvalue weighted by Crippen LogP contribution is 2.03. The number of amides is 1. The summed E-state index contributed by atoms with van der Waals surface area (Å²) in [7, 11) is 0. The van der Waals surface area contributed by atoms with Crippen LogP contribution in [-0.4, -0.2) is 37.2 Å². The molecule has 1 N–H and O–H groups in total. The minimum atomic E-state index is -0.279. The van der Waals surface area contributed by atoms with Gasteiger partial charge in [-0.3, -0.25) is 14.4 Å². The van der Waals surface area contributed by atoms with Crippen molar-refractivity contribution < 1.29 is 4.79 Å². The third kappa shape index (κ3) is 3.94. The topological polar surface area (TPSA) is 112 Å². The Morgan fingerprint density at radius 1 is 1.04 bits per heavy atom. The summed E-state index contributed by atoms with van der Waals surface area (Å²) in [6, 6.07) is 9.87. The van der Waals surface area contributed by atoms with Gasteiger partial charge in [0, 0.05) is 25.2 Å². The number of aryl methyl sites for hydroxylation is 1. The quantitative estimate of drug-likeness (QED) is 0.651. The number of fused-ring (bicyclic) bond motifs is 1. The predicted molar refractivity (Wildman–Crippen MR) is 89.9 cm³/mol. The second-order valence-electron chi connectivity index (χ2n) is 5.32. The number of benzene rings is 1. The third-order valence-electron chi connectivity index (χ3n) is 3.61. The molecule has 25 heavy (non-hydrogen) atoms. The van der Waals surface area contributed by atoms with E-state index >= 15 is 0 Å². The van der Waals surface area contributed by atoms with Gasteiger partial charge >= 0.3 is 0 Å². The first-order valence-corrected chi connectivity index (χ1v) is 7.76. The molecule has 0 fully saturated rings. The van der Waals surface area contributed by atoms with Crippen molar-refractivity contribution in [3.8, 4) is 0 Å². The van der Waals surface area contributed by atoms with Gasteiger partial charge in [-0.25, -0.2) is 9.36 Å². The Bertz CT molecular complexity index is 1010. The molecule has 1 amide bonds. The smallest absolute Gasteiger partial charge is 0.277 e. The van der Waals surface area contributed by atoms with Crippen LogP contribution < -0.4 is 16.4 Å². The molecule has 128 valence electrons. The predicted octanol–water partition coefficient (Wildman–Crippen LogP) is -0.445. The van der Waals surface area contributed by atoms with Gasteiger partial charge in [-0.15, -0.1) is 5.10 Å². The molecular weight excluding hydrogens is 324 g/mol. The van der Waals surface area contributed by atoms with E-state index < -0.39 is 0 Å². The summed E-state index contributed by atoms with van der Waals surface area (Å²) < 4.78 is 2.44. The van der Waals surface area contributed by atoms with Gasteiger partial charge in [0.25, 0.3) is 11.1 Å². The molecule has 1 aromatic carbocycles. The SMILES string of the molecule is O=C(CCn1nnc2ccccc2c1=O)NCCn1ncccc1=O. The molecule has 3 aromatic rings. The first kappa shape index (κ1) is 16.5. The second-order valence-corrected chi connectivity index (χ2v) is 5.32. The van der Waals surface area contributed by atoms with Crippen molar-refractivity contribution in [2.75, 3.05) is 6.54 Å². The normalized spacial score (nSPS) is 10.7. The highest BCUT2D eigenvalue weighted by atomic mass is 16.2. The number of nitrogens with zero attached hydrogens (tertiary/aromatic N) is 5. The van der Waals surface area contributed by atoms with E-state index in [-0.39, 0.29) is 43.1 Å². The van der Waals surface area contributed by atoms with Crippen LogP contribution in [-0.2, 0) is 17.9 Å². The molecule has 9 nitrogen and oxygen atoms in total. The van der Waals surface area contributed by atoms with E-state index in [1.165, 1.54) is 21.6 Å². The Labute approximate surface area is 141 Å². The van der Waals surface area contributed by atoms with Crippen molar-refractivity contribution in [2.45, 2.75) is 19.5 Å². The first-order chi connectivity index (χ1) is 12.1. The van der Waals surface area contributed by atoms with Crippen LogP contribution in [0.4, 0.5) is 0 Å². The number of aromatic nitrogens is 5. The Hall–Kier alpha value is -3.36. The summed E-state index contributed by atoms with van der Waals surface area (Å²) in [6.45, 7) is 0.682. The van der Waals surface area contributed by atoms with Gasteiger partial charge in [-0.05, 0) is 18.2 Å². The number of carbonyl (C=O) groups excluding carboxylic acids is 1. The maximum atomic E-state index is 12.3. The molecule has 0 spiro atoms. The summed E-state index contributed by atoms with van der Waals surface area (Å²) in [6.07, 6.45) is 1.60. The van der Waals surface area contributed by atoms with E-state index in [2.05, 4.69) is 20.7 Å². The molecule has 2 heterocycles. The van der Waals surface area contributed by atoms with E-state index in [1.54, 1.807) is 30.3 Å². The molecule has 0 radical (unpaired) electrons. The largest absolute Gasteiger partial charge is 0.354 e. The maximum Gasteiger partial charge on any atom is 0.277 e. The molecule has 0 unspecified atom stereocenters. The lowest BCUT2D eigenvalue weighted by Gasteiger charge is -2.07. The van der Waals surface area contributed by atoms with Gasteiger partial charge in [0.1, 0.15) is 5.52 Å². The molecule has 0 aliphatic rings. The van der Waals surface area contributed by atoms with Gasteiger partial charge in [-0.2, -0.15) is 5.10 Å². The Balaban J connectivity index is 1.54. The molecule has 0 aliphatic heterocycles. The summed E-state index contributed by atoms with van der Waals surface area (Å²) >= 11 is 0. The Morgan fingerprint density at radius 2 is 1.88 bits per heavy atom. The minimum absolute atomic E-state index is 0.0873. The van der Waals surface area contributed by atoms with Gasteiger partial charge < -0.3 is 5.32 Å². The summed E-state index contributed by atoms with van der Waals surface area (Å²) in [5.74, 6) is -0.245. The first-order valence-electron chi connectivity index (χ1n) is 7.76. The Morgan fingerprint density at radius 3 is 2.72 bits per heavy atom. The number of rotatable bonds is 6. The minimum Gasteiger partial charge on any atom is -0.354 e. The number of nitrogens with one attached hydrogen (secondary N) is 1. The second kappa shape index (κ2) is 7.47. The van der Waals surface area contributed by atoms with E-state index in [9.17, 15) is 14.4 Å². The van der Waals surface area contributed by atoms with Crippen molar-refractivity contribution in [2.24, 2.45) is 0 Å². The summed E-state index contributed by atoms with van der Waals surface area (Å²) in [5.41, 5.74) is 0.0159. The van der Waals surface area contributed by atoms with Crippen LogP contribution in [0.5, 0.6) is 0 Å². The lowest BCUT2D eigenvalue weighted by molar-refractivity contribution is -0.121. The zero-order valence-corrected chi connectivity index (χ0v) is 13.3. The fourth-order valence-electron chi connectivity index (χ4n) is 2.32. The monoisotopic (exact) mass is 340 g/mol. The highest BCUT2D eigenvalue weighted by molar-refractivity contribution is 5.77. The van der Waals surface area contributed by atoms with Gasteiger partial charge in [0.15, 0.2) is 0 Å². The molecule has 0 atom stereocenters. The zero-order chi connectivity index (χ0) is 17.6. The number of carbonyl (C=O) groups is 1. The standard InChI is InChI=1S/C16H16N6O3/c23-14(17-9-11-21-15(24)6-3-8-18-21)7-10-22-16(25)12-4-1-2-5-13(12)19-20-22/h1-6,8H,7,9-11H2,(H,17,23). The lowest BCUT2D eigenvalue weighted by atomic mass is 10.2. The fourth-order valence-corrected chi connectivity index (χ4v) is 2.32. The van der Waals surface area contributed by atoms with Crippen molar-refractivity contribution in [3.63, 3.8) is 0 Å². The molecule has 0 aliphatic carbocycles. The van der Waals surface area contributed by atoms with Crippen LogP contribution in [0.15, 0.2) is 52.2 Å². The van der Waals surface area contributed by atoms with Crippen molar-refractivity contribution in [1.82, 2.24) is 30.1 Å². The molecule has 0 saturated heterocycles. The van der Waals surface area contributed by atoms with Crippen molar-refractivity contribution >= 4 is 16.8 Å². The third-order valence-corrected chi connectivity index (χ3v) is 3.61. The van der Waals surface area contributed by atoms with Gasteiger partial charge in [0.2, 0.25) is 5.91 Å². The van der Waals surface area contributed by atoms with E-state index in [4.69, 9.17) is 0 Å². The molecule has 3 rings (SSSR count). The van der Waals surface area contributed by atoms with Crippen LogP contribution in [0.2, 0.25) is 0 Å². The van der Waals surface area contributed by atoms with Crippen LogP contribution in [0, 0.1) is 0 Å². The lowest BCUT2D eigenvalue weighted by Crippen LogP contribution is -2.33. The fraction of sp³-hybridized carbons (Fsp3) is 0.250. The Kier molecular flexibility index (Phi) is 4.93. The average Bonchev–Trinajstić information content (AvgIpc) is 2.63. The molecule has 0 saturated carbocycles. The molecule has 9 heteroatoms. The van der Waals surface area contributed by atoms with Crippen molar-refractivity contribution in [3.05, 3.63) is 63.3 Å². The number of hydrogen-bond acceptors (Lipinski definition) is 6. The van der Waals surface area contributed by atoms with Crippen LogP contribution in [0.1, 0.15) is 6.42 Å². The van der Waals surface area contributed by atoms with Crippen LogP contribution in [0.25, 0.3) is 10.9 Å². The average molecular weight is 340 g/mol. The number of hydrogen-bond donors (Lipinski definition) is 1. The molecule has 2 aromatic heterocycles. The van der Waals surface area contributed by atoms with E-state index in [1.807, 2.05) is 0 Å². The van der Waals surface area contributed by atoms with Crippen LogP contribution in [0.3, 0.4) is 0 Å². The van der Waals surface area contributed by atoms with Crippen molar-refractivity contribution in [1.29, 1.82) is 0 Å². The van der Waals surface area contributed by atoms with Gasteiger partial charge in [-0.1, -0.05) is 17.3 Å². The highest BCUT2D eigenvalue weighted by Gasteiger charge is 2.07.